The number of aromatic nitrogens is 2. The lowest BCUT2D eigenvalue weighted by Gasteiger charge is -2.00. The van der Waals surface area contributed by atoms with Crippen molar-refractivity contribution in [3.8, 4) is 0 Å². The number of nitrogens with two attached hydrogens (primary N) is 1. The molecule has 0 fully saturated rings. The van der Waals surface area contributed by atoms with Crippen molar-refractivity contribution < 1.29 is 4.79 Å². The van der Waals surface area contributed by atoms with Gasteiger partial charge in [0.05, 0.1) is 12.2 Å². The van der Waals surface area contributed by atoms with Gasteiger partial charge in [-0.3, -0.25) is 4.79 Å². The summed E-state index contributed by atoms with van der Waals surface area (Å²) in [5.41, 5.74) is 8.19. The lowest BCUT2D eigenvalue weighted by molar-refractivity contribution is -0.121. The third-order valence-electron chi connectivity index (χ3n) is 2.57. The van der Waals surface area contributed by atoms with Gasteiger partial charge in [-0.05, 0) is 18.6 Å². The molecule has 0 atom stereocenters. The van der Waals surface area contributed by atoms with Gasteiger partial charge >= 0.3 is 0 Å². The third kappa shape index (κ3) is 4.38. The Morgan fingerprint density at radius 3 is 2.84 bits per heavy atom. The highest BCUT2D eigenvalue weighted by Crippen LogP contribution is 2.09. The van der Waals surface area contributed by atoms with Crippen molar-refractivity contribution in [2.24, 2.45) is 5.73 Å². The second kappa shape index (κ2) is 7.99. The molecule has 7 heteroatoms. The lowest BCUT2D eigenvalue weighted by Crippen LogP contribution is -2.25. The molecule has 0 spiro atoms. The Morgan fingerprint density at radius 1 is 1.47 bits per heavy atom. The average Bonchev–Trinajstić information content (AvgIpc) is 2.71. The Balaban J connectivity index is 0.00000162. The molecule has 0 saturated heterocycles. The van der Waals surface area contributed by atoms with Crippen molar-refractivity contribution in [2.45, 2.75) is 19.9 Å². The van der Waals surface area contributed by atoms with Crippen molar-refractivity contribution in [1.29, 1.82) is 0 Å². The molecule has 0 aliphatic heterocycles. The number of hydrogen-bond acceptors (Lipinski definition) is 3. The Kier molecular flexibility index (Phi) is 7.44. The van der Waals surface area contributed by atoms with E-state index in [1.54, 1.807) is 0 Å². The van der Waals surface area contributed by atoms with Crippen LogP contribution < -0.4 is 11.1 Å². The van der Waals surface area contributed by atoms with Gasteiger partial charge in [-0.2, -0.15) is 0 Å². The monoisotopic (exact) mass is 304 g/mol. The zero-order valence-electron chi connectivity index (χ0n) is 10.6. The molecule has 5 nitrogen and oxygen atoms in total. The van der Waals surface area contributed by atoms with Crippen LogP contribution in [-0.2, 0) is 11.3 Å². The Hall–Kier alpha value is -1.30. The highest BCUT2D eigenvalue weighted by atomic mass is 35.5. The smallest absolute Gasteiger partial charge is 0.221 e. The fourth-order valence-corrected chi connectivity index (χ4v) is 1.70. The summed E-state index contributed by atoms with van der Waals surface area (Å²) in [6.45, 7) is 2.83. The quantitative estimate of drug-likeness (QED) is 0.898. The SMILES string of the molecule is Cc1cccn2cc(CNC(=O)CCN)nc12.Cl.Cl. The van der Waals surface area contributed by atoms with E-state index in [1.165, 1.54) is 0 Å². The van der Waals surface area contributed by atoms with Crippen molar-refractivity contribution >= 4 is 36.4 Å². The van der Waals surface area contributed by atoms with Crippen LogP contribution in [-0.4, -0.2) is 21.8 Å². The molecule has 2 aromatic heterocycles. The van der Waals surface area contributed by atoms with Gasteiger partial charge in [0, 0.05) is 25.4 Å². The van der Waals surface area contributed by atoms with E-state index in [1.807, 2.05) is 35.9 Å². The standard InChI is InChI=1S/C12H16N4O.2ClH/c1-9-3-2-6-16-8-10(15-12(9)16)7-14-11(17)4-5-13;;/h2-3,6,8H,4-5,7,13H2,1H3,(H,14,17);2*1H. The normalized spacial score (nSPS) is 9.58. The van der Waals surface area contributed by atoms with Crippen LogP contribution in [0.4, 0.5) is 0 Å². The molecule has 1 amide bonds. The van der Waals surface area contributed by atoms with Crippen molar-refractivity contribution in [2.75, 3.05) is 6.54 Å². The number of fused-ring (bicyclic) bond motifs is 1. The third-order valence-corrected chi connectivity index (χ3v) is 2.57. The number of imidazole rings is 1. The Morgan fingerprint density at radius 2 is 2.21 bits per heavy atom. The molecule has 19 heavy (non-hydrogen) atoms. The molecule has 0 aliphatic rings. The molecule has 0 saturated carbocycles. The number of carbonyl (C=O) groups excluding carboxylic acids is 1. The van der Waals surface area contributed by atoms with Crippen LogP contribution in [0.2, 0.25) is 0 Å². The summed E-state index contributed by atoms with van der Waals surface area (Å²) in [5, 5.41) is 2.79. The molecule has 3 N–H and O–H groups in total. The van der Waals surface area contributed by atoms with E-state index >= 15 is 0 Å². The van der Waals surface area contributed by atoms with Gasteiger partial charge in [0.1, 0.15) is 5.65 Å². The Bertz CT molecular complexity index is 542. The van der Waals surface area contributed by atoms with Crippen LogP contribution in [0.1, 0.15) is 17.7 Å². The van der Waals surface area contributed by atoms with E-state index < -0.39 is 0 Å². The summed E-state index contributed by atoms with van der Waals surface area (Å²) >= 11 is 0. The van der Waals surface area contributed by atoms with Gasteiger partial charge in [-0.15, -0.1) is 24.8 Å². The lowest BCUT2D eigenvalue weighted by atomic mass is 10.3. The van der Waals surface area contributed by atoms with Gasteiger partial charge in [0.15, 0.2) is 0 Å². The summed E-state index contributed by atoms with van der Waals surface area (Å²) in [6.07, 6.45) is 4.22. The van der Waals surface area contributed by atoms with Crippen LogP contribution in [0.25, 0.3) is 5.65 Å². The van der Waals surface area contributed by atoms with E-state index in [4.69, 9.17) is 5.73 Å². The molecule has 0 radical (unpaired) electrons. The van der Waals surface area contributed by atoms with E-state index in [0.29, 0.717) is 19.5 Å². The first kappa shape index (κ1) is 17.7. The minimum Gasteiger partial charge on any atom is -0.350 e. The number of nitrogens with one attached hydrogen (secondary N) is 1. The summed E-state index contributed by atoms with van der Waals surface area (Å²) in [5.74, 6) is -0.0405. The van der Waals surface area contributed by atoms with E-state index in [0.717, 1.165) is 16.9 Å². The number of halogens is 2. The number of hydrogen-bond donors (Lipinski definition) is 2. The molecule has 0 aliphatic carbocycles. The maximum absolute atomic E-state index is 11.3. The molecule has 0 unspecified atom stereocenters. The number of amides is 1. The van der Waals surface area contributed by atoms with Crippen molar-refractivity contribution in [3.05, 3.63) is 35.8 Å². The molecule has 2 heterocycles. The van der Waals surface area contributed by atoms with E-state index in [-0.39, 0.29) is 30.7 Å². The second-order valence-electron chi connectivity index (χ2n) is 3.97. The molecule has 106 valence electrons. The summed E-state index contributed by atoms with van der Waals surface area (Å²) in [7, 11) is 0. The van der Waals surface area contributed by atoms with E-state index in [2.05, 4.69) is 10.3 Å². The number of aryl methyl sites for hydroxylation is 1. The first-order valence-corrected chi connectivity index (χ1v) is 5.60. The largest absolute Gasteiger partial charge is 0.350 e. The van der Waals surface area contributed by atoms with Crippen LogP contribution in [0.3, 0.4) is 0 Å². The van der Waals surface area contributed by atoms with Crippen LogP contribution in [0, 0.1) is 6.92 Å². The van der Waals surface area contributed by atoms with Crippen LogP contribution in [0.15, 0.2) is 24.5 Å². The molecule has 2 rings (SSSR count). The fraction of sp³-hybridized carbons (Fsp3) is 0.333. The van der Waals surface area contributed by atoms with Crippen molar-refractivity contribution in [3.63, 3.8) is 0 Å². The highest BCUT2D eigenvalue weighted by Gasteiger charge is 2.05. The maximum Gasteiger partial charge on any atom is 0.221 e. The zero-order chi connectivity index (χ0) is 12.3. The fourth-order valence-electron chi connectivity index (χ4n) is 1.70. The summed E-state index contributed by atoms with van der Waals surface area (Å²) in [4.78, 5) is 15.7. The van der Waals surface area contributed by atoms with Gasteiger partial charge in [0.2, 0.25) is 5.91 Å². The Labute approximate surface area is 124 Å². The summed E-state index contributed by atoms with van der Waals surface area (Å²) < 4.78 is 1.96. The van der Waals surface area contributed by atoms with Gasteiger partial charge in [0.25, 0.3) is 0 Å². The average molecular weight is 305 g/mol. The first-order chi connectivity index (χ1) is 8.20. The minimum atomic E-state index is -0.0405. The van der Waals surface area contributed by atoms with Gasteiger partial charge in [-0.1, -0.05) is 6.07 Å². The van der Waals surface area contributed by atoms with Crippen LogP contribution in [0.5, 0.6) is 0 Å². The predicted molar refractivity (Wildman–Crippen MR) is 79.9 cm³/mol. The number of rotatable bonds is 4. The molecule has 0 bridgehead atoms. The number of nitrogens with zero attached hydrogens (tertiary/aromatic N) is 2. The zero-order valence-corrected chi connectivity index (χ0v) is 12.3. The minimum absolute atomic E-state index is 0. The predicted octanol–water partition coefficient (Wildman–Crippen LogP) is 1.45. The van der Waals surface area contributed by atoms with Crippen LogP contribution >= 0.6 is 24.8 Å². The summed E-state index contributed by atoms with van der Waals surface area (Å²) in [6, 6.07) is 3.99. The second-order valence-corrected chi connectivity index (χ2v) is 3.97. The molecular formula is C12H18Cl2N4O. The highest BCUT2D eigenvalue weighted by molar-refractivity contribution is 5.85. The molecule has 2 aromatic rings. The first-order valence-electron chi connectivity index (χ1n) is 5.60. The molecule has 0 aromatic carbocycles. The molecular weight excluding hydrogens is 287 g/mol. The van der Waals surface area contributed by atoms with Crippen molar-refractivity contribution in [1.82, 2.24) is 14.7 Å². The maximum atomic E-state index is 11.3. The number of pyridine rings is 1. The topological polar surface area (TPSA) is 72.4 Å². The van der Waals surface area contributed by atoms with Gasteiger partial charge in [-0.25, -0.2) is 4.98 Å². The number of carbonyl (C=O) groups is 1. The van der Waals surface area contributed by atoms with Gasteiger partial charge < -0.3 is 15.5 Å². The van der Waals surface area contributed by atoms with E-state index in [9.17, 15) is 4.79 Å².